The first kappa shape index (κ1) is 46.5. The second-order valence-corrected chi connectivity index (χ2v) is 18.5. The topological polar surface area (TPSA) is 117 Å². The van der Waals surface area contributed by atoms with Crippen molar-refractivity contribution in [1.29, 1.82) is 0 Å². The van der Waals surface area contributed by atoms with E-state index >= 15 is 0 Å². The van der Waals surface area contributed by atoms with Crippen molar-refractivity contribution in [3.8, 4) is 11.5 Å². The first-order valence-corrected chi connectivity index (χ1v) is 22.2. The van der Waals surface area contributed by atoms with Crippen LogP contribution < -0.4 is 20.1 Å². The van der Waals surface area contributed by atoms with Crippen molar-refractivity contribution in [2.24, 2.45) is 5.92 Å². The fraction of sp³-hybridized carbons (Fsp3) is 0.366. The third kappa shape index (κ3) is 14.6. The zero-order valence-electron chi connectivity index (χ0n) is 31.0. The number of rotatable bonds is 17. The van der Waals surface area contributed by atoms with E-state index in [9.17, 15) is 9.59 Å². The molecule has 0 heterocycles. The van der Waals surface area contributed by atoms with Crippen LogP contribution in [0.1, 0.15) is 75.1 Å². The van der Waals surface area contributed by atoms with Gasteiger partial charge >= 0.3 is 11.9 Å². The van der Waals surface area contributed by atoms with Crippen molar-refractivity contribution >= 4 is 122 Å². The van der Waals surface area contributed by atoms with Crippen LogP contribution in [0.5, 0.6) is 11.5 Å². The van der Waals surface area contributed by atoms with Crippen molar-refractivity contribution < 1.29 is 29.3 Å². The fourth-order valence-electron chi connectivity index (χ4n) is 5.47. The van der Waals surface area contributed by atoms with E-state index in [1.807, 2.05) is 48.5 Å². The van der Waals surface area contributed by atoms with E-state index in [4.69, 9.17) is 54.5 Å². The lowest BCUT2D eigenvalue weighted by atomic mass is 9.93. The number of carboxylic acid groups (broad SMARTS) is 2. The van der Waals surface area contributed by atoms with Gasteiger partial charge in [-0.2, -0.15) is 0 Å². The van der Waals surface area contributed by atoms with E-state index in [0.717, 1.165) is 64.4 Å². The lowest BCUT2D eigenvalue weighted by molar-refractivity contribution is -0.138. The lowest BCUT2D eigenvalue weighted by Crippen LogP contribution is -2.27. The van der Waals surface area contributed by atoms with Gasteiger partial charge in [0.2, 0.25) is 0 Å². The van der Waals surface area contributed by atoms with Crippen LogP contribution >= 0.6 is 98.5 Å². The van der Waals surface area contributed by atoms with Crippen molar-refractivity contribution in [1.82, 2.24) is 0 Å². The van der Waals surface area contributed by atoms with Crippen LogP contribution in [0, 0.1) is 5.92 Å². The Kier molecular flexibility index (Phi) is 18.5. The maximum atomic E-state index is 10.8. The Labute approximate surface area is 376 Å². The van der Waals surface area contributed by atoms with Crippen LogP contribution in [-0.2, 0) is 35.6 Å². The average Bonchev–Trinajstić information content (AvgIpc) is 3.08. The van der Waals surface area contributed by atoms with Crippen molar-refractivity contribution in [2.45, 2.75) is 91.0 Å². The van der Waals surface area contributed by atoms with Gasteiger partial charge < -0.3 is 30.3 Å². The quantitative estimate of drug-likeness (QED) is 0.0826. The molecule has 1 atom stereocenters. The van der Waals surface area contributed by atoms with Gasteiger partial charge in [0.15, 0.2) is 0 Å². The molecular weight excluding hydrogens is 1040 g/mol. The number of hydrogen-bond donors (Lipinski definition) is 4. The van der Waals surface area contributed by atoms with E-state index in [2.05, 4.69) is 95.1 Å². The van der Waals surface area contributed by atoms with Gasteiger partial charge in [-0.3, -0.25) is 9.59 Å². The smallest absolute Gasteiger partial charge is 0.303 e. The first-order chi connectivity index (χ1) is 26.5. The summed E-state index contributed by atoms with van der Waals surface area (Å²) >= 11 is 33.1. The van der Waals surface area contributed by atoms with Crippen LogP contribution in [0.15, 0.2) is 72.5 Å². The first-order valence-electron chi connectivity index (χ1n) is 17.9. The highest BCUT2D eigenvalue weighted by atomic mass is 79.9. The average molecular weight is 1090 g/mol. The van der Waals surface area contributed by atoms with Gasteiger partial charge in [-0.15, -0.1) is 0 Å². The monoisotopic (exact) mass is 1080 g/mol. The Morgan fingerprint density at radius 3 is 1.68 bits per heavy atom. The van der Waals surface area contributed by atoms with Gasteiger partial charge in [0.05, 0.1) is 28.6 Å². The summed E-state index contributed by atoms with van der Waals surface area (Å²) in [4.78, 5) is 21.5. The zero-order chi connectivity index (χ0) is 41.1. The fourth-order valence-corrected chi connectivity index (χ4v) is 9.21. The molecule has 0 radical (unpaired) electrons. The second-order valence-electron chi connectivity index (χ2n) is 13.9. The summed E-state index contributed by atoms with van der Waals surface area (Å²) in [6, 6.07) is 17.8. The molecule has 1 fully saturated rings. The van der Waals surface area contributed by atoms with E-state index in [-0.39, 0.29) is 19.4 Å². The normalized spacial score (nSPS) is 13.0. The molecule has 1 aliphatic rings. The SMILES string of the molecule is CC(C)C(C)Nc1cc(Cl)cc(COc2c(Br)cc(CCC(=O)O)cc2Br)c1.O=C(O)CCc1cc(Br)c(OCc2cc(Cl)cc(NC3CCC3)c2Cl)c(Br)c1. The largest absolute Gasteiger partial charge is 0.487 e. The van der Waals surface area contributed by atoms with Crippen LogP contribution in [0.3, 0.4) is 0 Å². The van der Waals surface area contributed by atoms with Gasteiger partial charge in [-0.05, 0) is 180 Å². The second kappa shape index (κ2) is 22.3. The number of carbonyl (C=O) groups is 2. The van der Waals surface area contributed by atoms with E-state index in [1.54, 1.807) is 6.07 Å². The Balaban J connectivity index is 0.000000249. The molecular formula is C41H43Br4Cl3N2O6. The predicted octanol–water partition coefficient (Wildman–Crippen LogP) is 14.0. The molecule has 0 amide bonds. The van der Waals surface area contributed by atoms with Crippen molar-refractivity contribution in [3.63, 3.8) is 0 Å². The zero-order valence-corrected chi connectivity index (χ0v) is 39.6. The van der Waals surface area contributed by atoms with Gasteiger partial charge in [0.25, 0.3) is 0 Å². The highest BCUT2D eigenvalue weighted by Crippen LogP contribution is 2.39. The number of aryl methyl sites for hydroxylation is 2. The molecule has 4 aromatic carbocycles. The molecule has 1 aliphatic carbocycles. The maximum Gasteiger partial charge on any atom is 0.303 e. The Morgan fingerprint density at radius 1 is 0.714 bits per heavy atom. The van der Waals surface area contributed by atoms with Gasteiger partial charge in [0.1, 0.15) is 24.7 Å². The minimum atomic E-state index is -0.825. The molecule has 0 bridgehead atoms. The minimum Gasteiger partial charge on any atom is -0.487 e. The summed E-state index contributed by atoms with van der Waals surface area (Å²) in [5, 5.41) is 26.5. The molecule has 56 heavy (non-hydrogen) atoms. The third-order valence-electron chi connectivity index (χ3n) is 9.06. The Hall–Kier alpha value is -2.19. The summed E-state index contributed by atoms with van der Waals surface area (Å²) in [6.45, 7) is 7.09. The van der Waals surface area contributed by atoms with Gasteiger partial charge in [0, 0.05) is 46.2 Å². The predicted molar refractivity (Wildman–Crippen MR) is 241 cm³/mol. The van der Waals surface area contributed by atoms with Crippen molar-refractivity contribution in [2.75, 3.05) is 10.6 Å². The summed E-state index contributed by atoms with van der Waals surface area (Å²) in [6.07, 6.45) is 4.59. The molecule has 0 aliphatic heterocycles. The number of anilines is 2. The third-order valence-corrected chi connectivity index (χ3v) is 12.3. The summed E-state index contributed by atoms with van der Waals surface area (Å²) in [7, 11) is 0. The standard InChI is InChI=1S/C21H24Br2ClNO3.C20H19Br2Cl2NO3/c1-12(2)13(3)25-17-7-15(6-16(24)10-17)11-28-21-18(22)8-14(9-19(21)23)4-5-20(26)27;21-15-6-11(4-5-18(26)27)7-16(22)20(15)28-10-12-8-13(23)9-17(19(12)24)25-14-2-1-3-14/h6-10,12-13,25H,4-5,11H2,1-3H3,(H,26,27);6-9,14,25H,1-5,10H2,(H,26,27). The number of halogens is 7. The van der Waals surface area contributed by atoms with E-state index in [1.165, 1.54) is 6.42 Å². The number of ether oxygens (including phenoxy) is 2. The van der Waals surface area contributed by atoms with E-state index < -0.39 is 11.9 Å². The molecule has 302 valence electrons. The van der Waals surface area contributed by atoms with Crippen molar-refractivity contribution in [3.05, 3.63) is 110 Å². The Morgan fingerprint density at radius 2 is 1.21 bits per heavy atom. The van der Waals surface area contributed by atoms with Gasteiger partial charge in [-0.25, -0.2) is 0 Å². The van der Waals surface area contributed by atoms with Crippen LogP contribution in [0.4, 0.5) is 11.4 Å². The molecule has 0 saturated heterocycles. The lowest BCUT2D eigenvalue weighted by Gasteiger charge is -2.28. The highest BCUT2D eigenvalue weighted by Gasteiger charge is 2.20. The molecule has 4 N–H and O–H groups in total. The molecule has 4 aromatic rings. The highest BCUT2D eigenvalue weighted by molar-refractivity contribution is 9.11. The molecule has 0 spiro atoms. The molecule has 5 rings (SSSR count). The number of nitrogens with one attached hydrogen (secondary N) is 2. The van der Waals surface area contributed by atoms with Crippen LogP contribution in [0.2, 0.25) is 15.1 Å². The maximum absolute atomic E-state index is 10.8. The molecule has 1 saturated carbocycles. The number of aliphatic carboxylic acids is 2. The molecule has 0 aromatic heterocycles. The summed E-state index contributed by atoms with van der Waals surface area (Å²) in [5.41, 5.74) is 5.38. The number of hydrogen-bond acceptors (Lipinski definition) is 6. The molecule has 8 nitrogen and oxygen atoms in total. The van der Waals surface area contributed by atoms with Crippen LogP contribution in [0.25, 0.3) is 0 Å². The minimum absolute atomic E-state index is 0.0774. The molecule has 15 heteroatoms. The van der Waals surface area contributed by atoms with E-state index in [0.29, 0.717) is 64.0 Å². The van der Waals surface area contributed by atoms with Crippen LogP contribution in [-0.4, -0.2) is 34.2 Å². The van der Waals surface area contributed by atoms with Gasteiger partial charge in [-0.1, -0.05) is 48.7 Å². The summed E-state index contributed by atoms with van der Waals surface area (Å²) < 4.78 is 15.0. The molecule has 1 unspecified atom stereocenters. The summed E-state index contributed by atoms with van der Waals surface area (Å²) in [5.74, 6) is 0.164. The number of benzene rings is 4. The number of carboxylic acids is 2. The Bertz CT molecular complexity index is 1970.